The number of rotatable bonds is 5. The minimum atomic E-state index is -0.264. The Morgan fingerprint density at radius 2 is 1.76 bits per heavy atom. The Morgan fingerprint density at radius 1 is 1.19 bits per heavy atom. The van der Waals surface area contributed by atoms with Crippen LogP contribution < -0.4 is 16.4 Å². The maximum atomic E-state index is 11.9. The van der Waals surface area contributed by atoms with E-state index in [1.54, 1.807) is 32.0 Å². The predicted molar refractivity (Wildman–Crippen MR) is 86.5 cm³/mol. The monoisotopic (exact) mass is 311 g/mol. The van der Waals surface area contributed by atoms with Gasteiger partial charge in [0, 0.05) is 23.3 Å². The van der Waals surface area contributed by atoms with Crippen LogP contribution in [0.1, 0.15) is 26.7 Å². The van der Waals surface area contributed by atoms with E-state index in [4.69, 9.17) is 5.73 Å². The molecule has 4 N–H and O–H groups in total. The zero-order valence-corrected chi connectivity index (χ0v) is 13.1. The van der Waals surface area contributed by atoms with E-state index in [2.05, 4.69) is 10.6 Å². The van der Waals surface area contributed by atoms with E-state index in [0.717, 1.165) is 12.8 Å². The van der Waals surface area contributed by atoms with Gasteiger partial charge in [0.1, 0.15) is 0 Å². The highest BCUT2D eigenvalue weighted by Gasteiger charge is 2.29. The molecule has 6 heteroatoms. The number of hydrogen-bond acceptors (Lipinski definition) is 3. The van der Waals surface area contributed by atoms with E-state index in [-0.39, 0.29) is 42.1 Å². The van der Waals surface area contributed by atoms with Crippen molar-refractivity contribution < 1.29 is 9.59 Å². The summed E-state index contributed by atoms with van der Waals surface area (Å²) in [6, 6.07) is 6.96. The molecule has 1 aliphatic carbocycles. The smallest absolute Gasteiger partial charge is 0.228 e. The highest BCUT2D eigenvalue weighted by Crippen LogP contribution is 2.30. The molecule has 0 saturated heterocycles. The van der Waals surface area contributed by atoms with Gasteiger partial charge in [0.05, 0.1) is 5.92 Å². The zero-order chi connectivity index (χ0) is 14.7. The van der Waals surface area contributed by atoms with Crippen molar-refractivity contribution in [2.45, 2.75) is 32.7 Å². The van der Waals surface area contributed by atoms with E-state index < -0.39 is 0 Å². The fourth-order valence-electron chi connectivity index (χ4n) is 1.76. The quantitative estimate of drug-likeness (QED) is 0.780. The summed E-state index contributed by atoms with van der Waals surface area (Å²) in [6.07, 6.45) is 1.93. The normalized spacial score (nSPS) is 16.3. The van der Waals surface area contributed by atoms with Gasteiger partial charge in [0.2, 0.25) is 11.8 Å². The van der Waals surface area contributed by atoms with Crippen LogP contribution in [0.25, 0.3) is 0 Å². The molecule has 0 radical (unpaired) electrons. The highest BCUT2D eigenvalue weighted by atomic mass is 35.5. The summed E-state index contributed by atoms with van der Waals surface area (Å²) in [5, 5.41) is 5.67. The van der Waals surface area contributed by atoms with E-state index >= 15 is 0 Å². The Balaban J connectivity index is 0.00000220. The minimum Gasteiger partial charge on any atom is -0.327 e. The molecule has 0 aliphatic heterocycles. The average molecular weight is 312 g/mol. The van der Waals surface area contributed by atoms with E-state index in [1.165, 1.54) is 0 Å². The van der Waals surface area contributed by atoms with Crippen molar-refractivity contribution in [2.75, 3.05) is 10.6 Å². The molecule has 0 aromatic heterocycles. The Labute approximate surface area is 131 Å². The first-order valence-corrected chi connectivity index (χ1v) is 6.94. The number of halogens is 1. The van der Waals surface area contributed by atoms with Crippen LogP contribution in [0.15, 0.2) is 24.3 Å². The van der Waals surface area contributed by atoms with Crippen LogP contribution in [-0.2, 0) is 9.59 Å². The molecule has 1 aromatic rings. The molecule has 0 bridgehead atoms. The minimum absolute atomic E-state index is 0. The van der Waals surface area contributed by atoms with E-state index in [0.29, 0.717) is 11.4 Å². The maximum Gasteiger partial charge on any atom is 0.228 e. The maximum absolute atomic E-state index is 11.9. The fourth-order valence-corrected chi connectivity index (χ4v) is 1.76. The molecular formula is C15H22ClN3O2. The van der Waals surface area contributed by atoms with Crippen LogP contribution in [0.3, 0.4) is 0 Å². The lowest BCUT2D eigenvalue weighted by atomic mass is 10.0. The van der Waals surface area contributed by atoms with Crippen molar-refractivity contribution in [3.63, 3.8) is 0 Å². The Kier molecular flexibility index (Phi) is 6.18. The van der Waals surface area contributed by atoms with Gasteiger partial charge in [0.15, 0.2) is 0 Å². The molecule has 0 heterocycles. The van der Waals surface area contributed by atoms with Crippen molar-refractivity contribution >= 4 is 35.6 Å². The van der Waals surface area contributed by atoms with Gasteiger partial charge in [0.25, 0.3) is 0 Å². The van der Waals surface area contributed by atoms with Crippen molar-refractivity contribution in [3.05, 3.63) is 24.3 Å². The summed E-state index contributed by atoms with van der Waals surface area (Å²) in [4.78, 5) is 23.6. The molecule has 2 unspecified atom stereocenters. The fraction of sp³-hybridized carbons (Fsp3) is 0.467. The van der Waals surface area contributed by atoms with Gasteiger partial charge in [-0.2, -0.15) is 0 Å². The van der Waals surface area contributed by atoms with Crippen molar-refractivity contribution in [1.29, 1.82) is 0 Å². The molecule has 1 aliphatic rings. The molecular weight excluding hydrogens is 290 g/mol. The van der Waals surface area contributed by atoms with Crippen LogP contribution in [0.4, 0.5) is 11.4 Å². The van der Waals surface area contributed by atoms with Gasteiger partial charge in [-0.05, 0) is 38.0 Å². The van der Waals surface area contributed by atoms with Crippen LogP contribution in [0.2, 0.25) is 0 Å². The number of benzene rings is 1. The molecule has 116 valence electrons. The summed E-state index contributed by atoms with van der Waals surface area (Å²) in [5.41, 5.74) is 7.07. The van der Waals surface area contributed by atoms with Gasteiger partial charge in [-0.1, -0.05) is 13.0 Å². The Hall–Kier alpha value is -1.59. The van der Waals surface area contributed by atoms with Crippen LogP contribution in [0, 0.1) is 11.8 Å². The molecule has 1 fully saturated rings. The molecule has 2 atom stereocenters. The molecule has 21 heavy (non-hydrogen) atoms. The number of carbonyl (C=O) groups excluding carboxylic acids is 2. The van der Waals surface area contributed by atoms with Gasteiger partial charge < -0.3 is 16.4 Å². The zero-order valence-electron chi connectivity index (χ0n) is 12.3. The average Bonchev–Trinajstić information content (AvgIpc) is 3.22. The standard InChI is InChI=1S/C15H21N3O2.ClH/c1-9(10(2)16)14(19)17-12-4-3-5-13(8-12)18-15(20)11-6-7-11;/h3-5,8-11H,6-7,16H2,1-2H3,(H,17,19)(H,18,20);1H. The first kappa shape index (κ1) is 17.5. The lowest BCUT2D eigenvalue weighted by Crippen LogP contribution is -2.34. The predicted octanol–water partition coefficient (Wildman–Crippen LogP) is 2.38. The largest absolute Gasteiger partial charge is 0.327 e. The second kappa shape index (κ2) is 7.43. The topological polar surface area (TPSA) is 84.2 Å². The van der Waals surface area contributed by atoms with E-state index in [9.17, 15) is 9.59 Å². The number of amides is 2. The molecule has 5 nitrogen and oxygen atoms in total. The van der Waals surface area contributed by atoms with Crippen molar-refractivity contribution in [1.82, 2.24) is 0 Å². The SMILES string of the molecule is CC(N)C(C)C(=O)Nc1cccc(NC(=O)C2CC2)c1.Cl. The van der Waals surface area contributed by atoms with Gasteiger partial charge in [-0.15, -0.1) is 12.4 Å². The molecule has 1 aromatic carbocycles. The van der Waals surface area contributed by atoms with Crippen molar-refractivity contribution in [2.24, 2.45) is 17.6 Å². The van der Waals surface area contributed by atoms with E-state index in [1.807, 2.05) is 6.07 Å². The molecule has 2 rings (SSSR count). The lowest BCUT2D eigenvalue weighted by Gasteiger charge is -2.15. The van der Waals surface area contributed by atoms with Gasteiger partial charge in [-0.25, -0.2) is 0 Å². The van der Waals surface area contributed by atoms with Crippen LogP contribution in [-0.4, -0.2) is 17.9 Å². The summed E-state index contributed by atoms with van der Waals surface area (Å²) in [6.45, 7) is 3.59. The van der Waals surface area contributed by atoms with Crippen LogP contribution in [0.5, 0.6) is 0 Å². The highest BCUT2D eigenvalue weighted by molar-refractivity contribution is 5.96. The van der Waals surface area contributed by atoms with Crippen LogP contribution >= 0.6 is 12.4 Å². The second-order valence-electron chi connectivity index (χ2n) is 5.48. The summed E-state index contributed by atoms with van der Waals surface area (Å²) in [7, 11) is 0. The first-order valence-electron chi connectivity index (χ1n) is 6.94. The van der Waals surface area contributed by atoms with Gasteiger partial charge >= 0.3 is 0 Å². The first-order chi connectivity index (χ1) is 9.47. The number of carbonyl (C=O) groups is 2. The third-order valence-electron chi connectivity index (χ3n) is 3.55. The van der Waals surface area contributed by atoms with Gasteiger partial charge in [-0.3, -0.25) is 9.59 Å². The summed E-state index contributed by atoms with van der Waals surface area (Å²) in [5.74, 6) is -0.172. The second-order valence-corrected chi connectivity index (χ2v) is 5.48. The Morgan fingerprint density at radius 3 is 2.29 bits per heavy atom. The molecule has 0 spiro atoms. The van der Waals surface area contributed by atoms with Crippen molar-refractivity contribution in [3.8, 4) is 0 Å². The number of nitrogens with one attached hydrogen (secondary N) is 2. The Bertz CT molecular complexity index is 515. The number of hydrogen-bond donors (Lipinski definition) is 3. The number of anilines is 2. The summed E-state index contributed by atoms with van der Waals surface area (Å²) >= 11 is 0. The lowest BCUT2D eigenvalue weighted by molar-refractivity contribution is -0.120. The third kappa shape index (κ3) is 5.02. The third-order valence-corrected chi connectivity index (χ3v) is 3.55. The summed E-state index contributed by atoms with van der Waals surface area (Å²) < 4.78 is 0. The molecule has 1 saturated carbocycles. The molecule has 2 amide bonds. The number of nitrogens with two attached hydrogens (primary N) is 1.